The molecule has 2 aromatic heterocycles. The van der Waals surface area contributed by atoms with Crippen LogP contribution in [0.5, 0.6) is 0 Å². The second kappa shape index (κ2) is 5.69. The maximum atomic E-state index is 11.0. The first kappa shape index (κ1) is 12.6. The lowest BCUT2D eigenvalue weighted by molar-refractivity contribution is 0.111. The van der Waals surface area contributed by atoms with Gasteiger partial charge in [-0.2, -0.15) is 0 Å². The Morgan fingerprint density at radius 3 is 2.35 bits per heavy atom. The molecule has 0 bridgehead atoms. The normalized spacial score (nSPS) is 15.2. The van der Waals surface area contributed by atoms with Crippen LogP contribution in [0.2, 0.25) is 0 Å². The number of hydrogen-bond donors (Lipinski definition) is 0. The first-order valence-electron chi connectivity index (χ1n) is 6.68. The zero-order valence-corrected chi connectivity index (χ0v) is 11.1. The Kier molecular flexibility index (Phi) is 3.58. The van der Waals surface area contributed by atoms with Gasteiger partial charge >= 0.3 is 0 Å². The van der Waals surface area contributed by atoms with Gasteiger partial charge in [0.1, 0.15) is 5.69 Å². The summed E-state index contributed by atoms with van der Waals surface area (Å²) in [7, 11) is 0. The van der Waals surface area contributed by atoms with Crippen molar-refractivity contribution in [3.8, 4) is 0 Å². The highest BCUT2D eigenvalue weighted by molar-refractivity contribution is 5.81. The Hall–Kier alpha value is -2.43. The summed E-state index contributed by atoms with van der Waals surface area (Å²) in [6, 6.07) is 7.88. The number of aromatic nitrogens is 2. The number of carbonyl (C=O) groups is 1. The molecule has 0 radical (unpaired) electrons. The Balaban J connectivity index is 1.71. The van der Waals surface area contributed by atoms with Crippen LogP contribution in [0, 0.1) is 0 Å². The number of aldehydes is 1. The predicted octanol–water partition coefficient (Wildman–Crippen LogP) is 1.62. The summed E-state index contributed by atoms with van der Waals surface area (Å²) < 4.78 is 0. The second-order valence-electron chi connectivity index (χ2n) is 4.71. The molecule has 3 heterocycles. The van der Waals surface area contributed by atoms with E-state index in [1.54, 1.807) is 6.20 Å². The van der Waals surface area contributed by atoms with Gasteiger partial charge in [-0.15, -0.1) is 0 Å². The molecule has 1 saturated heterocycles. The largest absolute Gasteiger partial charge is 0.368 e. The van der Waals surface area contributed by atoms with Crippen molar-refractivity contribution in [3.05, 3.63) is 48.5 Å². The van der Waals surface area contributed by atoms with Gasteiger partial charge in [0, 0.05) is 50.5 Å². The highest BCUT2D eigenvalue weighted by Crippen LogP contribution is 2.21. The average molecular weight is 268 g/mol. The molecule has 102 valence electrons. The lowest BCUT2D eigenvalue weighted by Crippen LogP contribution is -2.46. The molecule has 0 atom stereocenters. The van der Waals surface area contributed by atoms with Crippen LogP contribution in [-0.2, 0) is 0 Å². The van der Waals surface area contributed by atoms with Crippen LogP contribution in [-0.4, -0.2) is 42.4 Å². The van der Waals surface area contributed by atoms with E-state index in [-0.39, 0.29) is 0 Å². The SMILES string of the molecule is O=Cc1ncccc1N1CCN(c2ccncc2)CC1. The minimum absolute atomic E-state index is 0.518. The van der Waals surface area contributed by atoms with Crippen LogP contribution in [0.4, 0.5) is 11.4 Å². The molecular weight excluding hydrogens is 252 g/mol. The summed E-state index contributed by atoms with van der Waals surface area (Å²) in [6.45, 7) is 3.62. The molecule has 0 amide bonds. The Morgan fingerprint density at radius 2 is 1.65 bits per heavy atom. The Bertz CT molecular complexity index is 579. The first-order valence-corrected chi connectivity index (χ1v) is 6.68. The van der Waals surface area contributed by atoms with Crippen molar-refractivity contribution in [3.63, 3.8) is 0 Å². The van der Waals surface area contributed by atoms with Gasteiger partial charge in [-0.05, 0) is 24.3 Å². The number of pyridine rings is 2. The van der Waals surface area contributed by atoms with E-state index in [0.29, 0.717) is 5.69 Å². The molecule has 5 nitrogen and oxygen atoms in total. The van der Waals surface area contributed by atoms with Gasteiger partial charge in [0.25, 0.3) is 0 Å². The summed E-state index contributed by atoms with van der Waals surface area (Å²) >= 11 is 0. The van der Waals surface area contributed by atoms with Gasteiger partial charge in [-0.3, -0.25) is 14.8 Å². The Morgan fingerprint density at radius 1 is 0.950 bits per heavy atom. The molecular formula is C15H16N4O. The van der Waals surface area contributed by atoms with E-state index in [2.05, 4.69) is 19.8 Å². The fraction of sp³-hybridized carbons (Fsp3) is 0.267. The van der Waals surface area contributed by atoms with E-state index in [1.807, 2.05) is 36.7 Å². The summed E-state index contributed by atoms with van der Waals surface area (Å²) in [5.41, 5.74) is 2.64. The molecule has 0 aliphatic carbocycles. The molecule has 0 spiro atoms. The zero-order valence-electron chi connectivity index (χ0n) is 11.1. The van der Waals surface area contributed by atoms with E-state index in [9.17, 15) is 4.79 Å². The average Bonchev–Trinajstić information content (AvgIpc) is 2.56. The van der Waals surface area contributed by atoms with Gasteiger partial charge in [-0.25, -0.2) is 0 Å². The Labute approximate surface area is 117 Å². The lowest BCUT2D eigenvalue weighted by Gasteiger charge is -2.37. The highest BCUT2D eigenvalue weighted by atomic mass is 16.1. The van der Waals surface area contributed by atoms with Crippen LogP contribution in [0.1, 0.15) is 10.5 Å². The van der Waals surface area contributed by atoms with E-state index in [1.165, 1.54) is 5.69 Å². The molecule has 1 aliphatic heterocycles. The molecule has 0 unspecified atom stereocenters. The van der Waals surface area contributed by atoms with Crippen molar-refractivity contribution >= 4 is 17.7 Å². The fourth-order valence-electron chi connectivity index (χ4n) is 2.53. The summed E-state index contributed by atoms with van der Waals surface area (Å²) in [5, 5.41) is 0. The van der Waals surface area contributed by atoms with E-state index in [4.69, 9.17) is 0 Å². The van der Waals surface area contributed by atoms with Crippen LogP contribution in [0.3, 0.4) is 0 Å². The third-order valence-corrected chi connectivity index (χ3v) is 3.58. The monoisotopic (exact) mass is 268 g/mol. The summed E-state index contributed by atoms with van der Waals surface area (Å²) in [4.78, 5) is 23.8. The predicted molar refractivity (Wildman–Crippen MR) is 78.3 cm³/mol. The summed E-state index contributed by atoms with van der Waals surface area (Å²) in [6.07, 6.45) is 6.10. The fourth-order valence-corrected chi connectivity index (χ4v) is 2.53. The molecule has 1 fully saturated rings. The van der Waals surface area contributed by atoms with E-state index in [0.717, 1.165) is 38.2 Å². The van der Waals surface area contributed by atoms with Gasteiger partial charge in [0.05, 0.1) is 5.69 Å². The molecule has 5 heteroatoms. The van der Waals surface area contributed by atoms with E-state index >= 15 is 0 Å². The van der Waals surface area contributed by atoms with Gasteiger partial charge in [0.2, 0.25) is 0 Å². The highest BCUT2D eigenvalue weighted by Gasteiger charge is 2.19. The van der Waals surface area contributed by atoms with Crippen molar-refractivity contribution in [2.45, 2.75) is 0 Å². The number of piperazine rings is 1. The summed E-state index contributed by atoms with van der Waals surface area (Å²) in [5.74, 6) is 0. The zero-order chi connectivity index (χ0) is 13.8. The quantitative estimate of drug-likeness (QED) is 0.792. The van der Waals surface area contributed by atoms with Gasteiger partial charge in [0.15, 0.2) is 6.29 Å². The molecule has 2 aromatic rings. The lowest BCUT2D eigenvalue weighted by atomic mass is 10.2. The van der Waals surface area contributed by atoms with Gasteiger partial charge in [-0.1, -0.05) is 0 Å². The van der Waals surface area contributed by atoms with Crippen LogP contribution < -0.4 is 9.80 Å². The molecule has 1 aliphatic rings. The minimum atomic E-state index is 0.518. The standard InChI is InChI=1S/C15H16N4O/c20-12-14-15(2-1-5-17-14)19-10-8-18(9-11-19)13-3-6-16-7-4-13/h1-7,12H,8-11H2. The van der Waals surface area contributed by atoms with E-state index < -0.39 is 0 Å². The van der Waals surface area contributed by atoms with Crippen molar-refractivity contribution in [2.24, 2.45) is 0 Å². The second-order valence-corrected chi connectivity index (χ2v) is 4.71. The smallest absolute Gasteiger partial charge is 0.170 e. The van der Waals surface area contributed by atoms with Crippen LogP contribution in [0.15, 0.2) is 42.9 Å². The molecule has 0 aromatic carbocycles. The number of nitrogens with zero attached hydrogens (tertiary/aromatic N) is 4. The van der Waals surface area contributed by atoms with Crippen molar-refractivity contribution < 1.29 is 4.79 Å². The van der Waals surface area contributed by atoms with Crippen molar-refractivity contribution in [1.82, 2.24) is 9.97 Å². The molecule has 3 rings (SSSR count). The third kappa shape index (κ3) is 2.47. The van der Waals surface area contributed by atoms with Crippen molar-refractivity contribution in [2.75, 3.05) is 36.0 Å². The number of anilines is 2. The number of rotatable bonds is 3. The number of hydrogen-bond acceptors (Lipinski definition) is 5. The molecule has 0 N–H and O–H groups in total. The molecule has 20 heavy (non-hydrogen) atoms. The minimum Gasteiger partial charge on any atom is -0.368 e. The topological polar surface area (TPSA) is 49.3 Å². The first-order chi connectivity index (χ1) is 9.88. The van der Waals surface area contributed by atoms with Gasteiger partial charge < -0.3 is 9.80 Å². The maximum absolute atomic E-state index is 11.0. The van der Waals surface area contributed by atoms with Crippen molar-refractivity contribution in [1.29, 1.82) is 0 Å². The maximum Gasteiger partial charge on any atom is 0.170 e. The number of carbonyl (C=O) groups excluding carboxylic acids is 1. The van der Waals surface area contributed by atoms with Crippen LogP contribution >= 0.6 is 0 Å². The molecule has 0 saturated carbocycles. The third-order valence-electron chi connectivity index (χ3n) is 3.58. The van der Waals surface area contributed by atoms with Crippen LogP contribution in [0.25, 0.3) is 0 Å².